The number of amides is 2. The highest BCUT2D eigenvalue weighted by Gasteiger charge is 2.23. The quantitative estimate of drug-likeness (QED) is 0.771. The van der Waals surface area contributed by atoms with Crippen molar-refractivity contribution in [3.63, 3.8) is 0 Å². The van der Waals surface area contributed by atoms with Gasteiger partial charge in [0.25, 0.3) is 0 Å². The maximum absolute atomic E-state index is 12.0. The van der Waals surface area contributed by atoms with E-state index in [4.69, 9.17) is 9.84 Å². The summed E-state index contributed by atoms with van der Waals surface area (Å²) in [5.74, 6) is -0.991. The largest absolute Gasteiger partial charge is 0.480 e. The van der Waals surface area contributed by atoms with Crippen LogP contribution in [0.2, 0.25) is 0 Å². The van der Waals surface area contributed by atoms with E-state index in [0.29, 0.717) is 18.8 Å². The van der Waals surface area contributed by atoms with Crippen molar-refractivity contribution in [1.82, 2.24) is 25.2 Å². The summed E-state index contributed by atoms with van der Waals surface area (Å²) in [7, 11) is 1.65. The van der Waals surface area contributed by atoms with Crippen LogP contribution in [0.3, 0.4) is 0 Å². The number of nitrogens with zero attached hydrogens (tertiary/aromatic N) is 4. The number of carboxylic acids is 1. The summed E-state index contributed by atoms with van der Waals surface area (Å²) in [4.78, 5) is 24.3. The topological polar surface area (TPSA) is 110 Å². The van der Waals surface area contributed by atoms with Crippen LogP contribution in [-0.4, -0.2) is 63.3 Å². The van der Waals surface area contributed by atoms with Gasteiger partial charge in [0, 0.05) is 20.2 Å². The van der Waals surface area contributed by atoms with E-state index in [1.165, 1.54) is 10.9 Å². The van der Waals surface area contributed by atoms with Crippen LogP contribution < -0.4 is 5.32 Å². The summed E-state index contributed by atoms with van der Waals surface area (Å²) in [6, 6.07) is -0.176. The maximum Gasteiger partial charge on any atom is 0.325 e. The molecule has 1 aliphatic rings. The van der Waals surface area contributed by atoms with Gasteiger partial charge in [-0.05, 0) is 12.8 Å². The van der Waals surface area contributed by atoms with Crippen LogP contribution in [0, 0.1) is 0 Å². The molecule has 1 fully saturated rings. The molecule has 2 amide bonds. The van der Waals surface area contributed by atoms with Crippen LogP contribution in [-0.2, 0) is 22.6 Å². The minimum atomic E-state index is -0.991. The lowest BCUT2D eigenvalue weighted by molar-refractivity contribution is -0.137. The fourth-order valence-corrected chi connectivity index (χ4v) is 2.23. The molecule has 116 valence electrons. The lowest BCUT2D eigenvalue weighted by atomic mass is 10.1. The number of likely N-dealkylation sites (tertiary alicyclic amines) is 1. The number of carbonyl (C=O) groups is 2. The van der Waals surface area contributed by atoms with Gasteiger partial charge in [0.15, 0.2) is 0 Å². The molecule has 0 saturated carbocycles. The Labute approximate surface area is 121 Å². The molecule has 1 saturated heterocycles. The molecule has 0 spiro atoms. The number of methoxy groups -OCH3 is 1. The predicted octanol–water partition coefficient (Wildman–Crippen LogP) is -0.317. The number of aliphatic carboxylic acids is 1. The fraction of sp³-hybridized carbons (Fsp3) is 0.667. The number of hydrogen-bond donors (Lipinski definition) is 2. The Morgan fingerprint density at radius 3 is 3.10 bits per heavy atom. The lowest BCUT2D eigenvalue weighted by Crippen LogP contribution is -2.47. The molecule has 1 atom stereocenters. The van der Waals surface area contributed by atoms with Gasteiger partial charge in [-0.15, -0.1) is 5.10 Å². The van der Waals surface area contributed by atoms with E-state index >= 15 is 0 Å². The van der Waals surface area contributed by atoms with Crippen molar-refractivity contribution in [1.29, 1.82) is 0 Å². The summed E-state index contributed by atoms with van der Waals surface area (Å²) in [6.07, 6.45) is 3.47. The number of hydrogen-bond acceptors (Lipinski definition) is 5. The van der Waals surface area contributed by atoms with Crippen LogP contribution >= 0.6 is 0 Å². The van der Waals surface area contributed by atoms with Crippen LogP contribution in [0.25, 0.3) is 0 Å². The first kappa shape index (κ1) is 15.2. The Morgan fingerprint density at radius 2 is 2.38 bits per heavy atom. The van der Waals surface area contributed by atoms with Crippen molar-refractivity contribution in [3.8, 4) is 0 Å². The third kappa shape index (κ3) is 4.42. The number of nitrogens with one attached hydrogen (secondary N) is 1. The molecule has 1 aliphatic heterocycles. The molecule has 9 nitrogen and oxygen atoms in total. The average molecular weight is 297 g/mol. The van der Waals surface area contributed by atoms with Crippen molar-refractivity contribution in [2.45, 2.75) is 32.0 Å². The third-order valence-corrected chi connectivity index (χ3v) is 3.30. The Morgan fingerprint density at radius 1 is 1.57 bits per heavy atom. The molecule has 2 N–H and O–H groups in total. The summed E-state index contributed by atoms with van der Waals surface area (Å²) in [6.45, 7) is 1.25. The van der Waals surface area contributed by atoms with Gasteiger partial charge in [-0.25, -0.2) is 9.48 Å². The Kier molecular flexibility index (Phi) is 5.09. The minimum absolute atomic E-state index is 0.0842. The second-order valence-corrected chi connectivity index (χ2v) is 4.91. The molecular weight excluding hydrogens is 278 g/mol. The van der Waals surface area contributed by atoms with E-state index in [2.05, 4.69) is 15.6 Å². The van der Waals surface area contributed by atoms with E-state index in [0.717, 1.165) is 12.8 Å². The number of carboxylic acid groups (broad SMARTS) is 1. The van der Waals surface area contributed by atoms with Crippen LogP contribution in [0.4, 0.5) is 4.79 Å². The molecule has 0 aromatic carbocycles. The number of urea groups is 1. The van der Waals surface area contributed by atoms with Crippen molar-refractivity contribution in [3.05, 3.63) is 11.9 Å². The van der Waals surface area contributed by atoms with Gasteiger partial charge in [-0.3, -0.25) is 4.79 Å². The van der Waals surface area contributed by atoms with E-state index in [1.54, 1.807) is 12.0 Å². The van der Waals surface area contributed by atoms with Gasteiger partial charge >= 0.3 is 12.0 Å². The number of piperidine rings is 1. The predicted molar refractivity (Wildman–Crippen MR) is 71.5 cm³/mol. The SMILES string of the molecule is COC1CCCN(C(=O)NCc2cn(CC(=O)O)nn2)C1. The highest BCUT2D eigenvalue weighted by atomic mass is 16.5. The molecule has 2 rings (SSSR count). The van der Waals surface area contributed by atoms with Gasteiger partial charge in [0.05, 0.1) is 18.8 Å². The van der Waals surface area contributed by atoms with Crippen LogP contribution in [0.15, 0.2) is 6.20 Å². The first-order chi connectivity index (χ1) is 10.1. The van der Waals surface area contributed by atoms with E-state index in [1.807, 2.05) is 0 Å². The Balaban J connectivity index is 1.80. The van der Waals surface area contributed by atoms with Gasteiger partial charge < -0.3 is 20.1 Å². The summed E-state index contributed by atoms with van der Waals surface area (Å²) in [5, 5.41) is 18.9. The number of rotatable bonds is 5. The minimum Gasteiger partial charge on any atom is -0.480 e. The maximum atomic E-state index is 12.0. The number of ether oxygens (including phenoxy) is 1. The second-order valence-electron chi connectivity index (χ2n) is 4.91. The smallest absolute Gasteiger partial charge is 0.325 e. The van der Waals surface area contributed by atoms with Crippen molar-refractivity contribution >= 4 is 12.0 Å². The monoisotopic (exact) mass is 297 g/mol. The lowest BCUT2D eigenvalue weighted by Gasteiger charge is -2.31. The van der Waals surface area contributed by atoms with E-state index < -0.39 is 5.97 Å². The third-order valence-electron chi connectivity index (χ3n) is 3.30. The van der Waals surface area contributed by atoms with Crippen molar-refractivity contribution < 1.29 is 19.4 Å². The first-order valence-corrected chi connectivity index (χ1v) is 6.75. The first-order valence-electron chi connectivity index (χ1n) is 6.75. The van der Waals surface area contributed by atoms with E-state index in [-0.39, 0.29) is 25.2 Å². The highest BCUT2D eigenvalue weighted by molar-refractivity contribution is 5.74. The van der Waals surface area contributed by atoms with E-state index in [9.17, 15) is 9.59 Å². The zero-order chi connectivity index (χ0) is 15.2. The molecule has 1 aromatic heterocycles. The molecule has 2 heterocycles. The molecule has 0 aliphatic carbocycles. The number of aromatic nitrogens is 3. The zero-order valence-corrected chi connectivity index (χ0v) is 11.9. The average Bonchev–Trinajstić information content (AvgIpc) is 2.91. The molecule has 9 heteroatoms. The molecule has 1 aromatic rings. The summed E-state index contributed by atoms with van der Waals surface area (Å²) < 4.78 is 6.49. The fourth-order valence-electron chi connectivity index (χ4n) is 2.23. The zero-order valence-electron chi connectivity index (χ0n) is 11.9. The normalized spacial score (nSPS) is 18.5. The molecule has 1 unspecified atom stereocenters. The second kappa shape index (κ2) is 7.02. The van der Waals surface area contributed by atoms with Gasteiger partial charge in [-0.2, -0.15) is 0 Å². The molecule has 0 bridgehead atoms. The Bertz CT molecular complexity index is 504. The highest BCUT2D eigenvalue weighted by Crippen LogP contribution is 2.12. The number of carbonyl (C=O) groups excluding carboxylic acids is 1. The standard InChI is InChI=1S/C12H19N5O4/c1-21-10-3-2-4-16(7-10)12(20)13-5-9-6-17(15-14-9)8-11(18)19/h6,10H,2-5,7-8H2,1H3,(H,13,20)(H,18,19). The van der Waals surface area contributed by atoms with Gasteiger partial charge in [-0.1, -0.05) is 5.21 Å². The van der Waals surface area contributed by atoms with Crippen molar-refractivity contribution in [2.75, 3.05) is 20.2 Å². The summed E-state index contributed by atoms with van der Waals surface area (Å²) >= 11 is 0. The molecule has 21 heavy (non-hydrogen) atoms. The van der Waals surface area contributed by atoms with Gasteiger partial charge in [0.2, 0.25) is 0 Å². The molecule has 0 radical (unpaired) electrons. The van der Waals surface area contributed by atoms with Crippen LogP contribution in [0.1, 0.15) is 18.5 Å². The molecular formula is C12H19N5O4. The summed E-state index contributed by atoms with van der Waals surface area (Å²) in [5.41, 5.74) is 0.518. The van der Waals surface area contributed by atoms with Crippen LogP contribution in [0.5, 0.6) is 0 Å². The van der Waals surface area contributed by atoms with Gasteiger partial charge in [0.1, 0.15) is 12.2 Å². The Hall–Kier alpha value is -2.16. The van der Waals surface area contributed by atoms with Crippen molar-refractivity contribution in [2.24, 2.45) is 0 Å².